The Bertz CT molecular complexity index is 563. The molecular weight excluding hydrogens is 322 g/mol. The Balaban J connectivity index is 1.68. The molecule has 4 atom stereocenters. The Hall–Kier alpha value is -0.580. The zero-order chi connectivity index (χ0) is 15.8. The van der Waals surface area contributed by atoms with E-state index in [1.54, 1.807) is 0 Å². The molecule has 0 bridgehead atoms. The van der Waals surface area contributed by atoms with Crippen molar-refractivity contribution in [3.63, 3.8) is 0 Å². The van der Waals surface area contributed by atoms with E-state index in [-0.39, 0.29) is 7.92 Å². The molecule has 0 N–H and O–H groups in total. The fourth-order valence-corrected chi connectivity index (χ4v) is 12.3. The molecule has 124 valence electrons. The van der Waals surface area contributed by atoms with E-state index < -0.39 is 7.92 Å². The van der Waals surface area contributed by atoms with E-state index in [1.807, 2.05) is 24.7 Å². The first-order valence-electron chi connectivity index (χ1n) is 8.89. The fourth-order valence-electron chi connectivity index (χ4n) is 4.69. The highest BCUT2D eigenvalue weighted by Crippen LogP contribution is 2.66. The smallest absolute Gasteiger partial charge is 0.133 e. The van der Waals surface area contributed by atoms with Gasteiger partial charge in [0.05, 0.1) is 12.5 Å². The van der Waals surface area contributed by atoms with Gasteiger partial charge < -0.3 is 8.83 Å². The van der Waals surface area contributed by atoms with Crippen LogP contribution in [0.25, 0.3) is 0 Å². The van der Waals surface area contributed by atoms with E-state index in [4.69, 9.17) is 8.83 Å². The summed E-state index contributed by atoms with van der Waals surface area (Å²) >= 11 is 0. The van der Waals surface area contributed by atoms with Crippen LogP contribution in [0.3, 0.4) is 0 Å². The first-order chi connectivity index (χ1) is 11.3. The highest BCUT2D eigenvalue weighted by molar-refractivity contribution is 7.74. The summed E-state index contributed by atoms with van der Waals surface area (Å²) in [6, 6.07) is 8.39. The van der Waals surface area contributed by atoms with Crippen LogP contribution in [0, 0.1) is 0 Å². The Morgan fingerprint density at radius 3 is 2.04 bits per heavy atom. The summed E-state index contributed by atoms with van der Waals surface area (Å²) in [7, 11) is -0.348. The Morgan fingerprint density at radius 1 is 0.913 bits per heavy atom. The van der Waals surface area contributed by atoms with Crippen molar-refractivity contribution < 1.29 is 8.83 Å². The van der Waals surface area contributed by atoms with Crippen LogP contribution in [-0.4, -0.2) is 22.6 Å². The van der Waals surface area contributed by atoms with Gasteiger partial charge in [-0.15, -0.1) is 0 Å². The van der Waals surface area contributed by atoms with E-state index >= 15 is 0 Å². The van der Waals surface area contributed by atoms with Gasteiger partial charge in [-0.25, -0.2) is 0 Å². The Kier molecular flexibility index (Phi) is 4.66. The van der Waals surface area contributed by atoms with Gasteiger partial charge >= 0.3 is 0 Å². The SMILES string of the molecule is C[C@H]1CC[C@H](C)P1C1CCCC1P(c1ccco1)c1ccco1. The Morgan fingerprint density at radius 2 is 1.52 bits per heavy atom. The molecule has 23 heavy (non-hydrogen) atoms. The quantitative estimate of drug-likeness (QED) is 0.703. The average Bonchev–Trinajstić information content (AvgIpc) is 3.30. The highest BCUT2D eigenvalue weighted by Gasteiger charge is 2.46. The summed E-state index contributed by atoms with van der Waals surface area (Å²) in [4.78, 5) is 0. The van der Waals surface area contributed by atoms with Gasteiger partial charge in [-0.3, -0.25) is 0 Å². The zero-order valence-corrected chi connectivity index (χ0v) is 15.8. The van der Waals surface area contributed by atoms with Gasteiger partial charge in [-0.1, -0.05) is 28.2 Å². The van der Waals surface area contributed by atoms with Crippen molar-refractivity contribution in [2.75, 3.05) is 0 Å². The summed E-state index contributed by atoms with van der Waals surface area (Å²) in [5.74, 6) is 0. The minimum absolute atomic E-state index is 0.141. The predicted octanol–water partition coefficient (Wildman–Crippen LogP) is 5.28. The van der Waals surface area contributed by atoms with Gasteiger partial charge in [-0.2, -0.15) is 0 Å². The fraction of sp³-hybridized carbons (Fsp3) is 0.579. The molecule has 1 saturated carbocycles. The van der Waals surface area contributed by atoms with Crippen molar-refractivity contribution >= 4 is 26.8 Å². The molecular formula is C19H26O2P2. The number of hydrogen-bond acceptors (Lipinski definition) is 2. The average molecular weight is 348 g/mol. The third kappa shape index (κ3) is 2.94. The van der Waals surface area contributed by atoms with Gasteiger partial charge in [0.1, 0.15) is 11.0 Å². The second kappa shape index (κ2) is 6.73. The van der Waals surface area contributed by atoms with Crippen molar-refractivity contribution in [3.8, 4) is 0 Å². The van der Waals surface area contributed by atoms with Gasteiger partial charge in [-0.05, 0) is 72.6 Å². The standard InChI is InChI=1S/C19H26O2P2/c1-14-10-11-15(2)22(14)16-6-3-7-17(16)23(18-8-4-12-20-18)19-9-5-13-21-19/h4-5,8-9,12-17H,3,6-7,10-11H2,1-2H3/t14-,15-,16?,17?/m0/s1. The van der Waals surface area contributed by atoms with Crippen LogP contribution in [0.5, 0.6) is 0 Å². The van der Waals surface area contributed by atoms with Gasteiger partial charge in [0.25, 0.3) is 0 Å². The maximum absolute atomic E-state index is 5.87. The van der Waals surface area contributed by atoms with Crippen LogP contribution in [-0.2, 0) is 0 Å². The van der Waals surface area contributed by atoms with Crippen LogP contribution in [0.15, 0.2) is 45.6 Å². The molecule has 0 amide bonds. The maximum Gasteiger partial charge on any atom is 0.133 e. The molecule has 2 aliphatic rings. The highest BCUT2D eigenvalue weighted by atomic mass is 31.1. The monoisotopic (exact) mass is 348 g/mol. The molecule has 4 heteroatoms. The topological polar surface area (TPSA) is 26.3 Å². The summed E-state index contributed by atoms with van der Waals surface area (Å²) in [5, 5.41) is 0. The van der Waals surface area contributed by atoms with Crippen LogP contribution in [0.4, 0.5) is 0 Å². The van der Waals surface area contributed by atoms with E-state index in [2.05, 4.69) is 26.0 Å². The first-order valence-corrected chi connectivity index (χ1v) is 11.9. The lowest BCUT2D eigenvalue weighted by molar-refractivity contribution is 0.590. The molecule has 2 nitrogen and oxygen atoms in total. The minimum Gasteiger partial charge on any atom is -0.464 e. The number of furan rings is 2. The molecule has 2 unspecified atom stereocenters. The van der Waals surface area contributed by atoms with Gasteiger partial charge in [0, 0.05) is 7.92 Å². The molecule has 0 radical (unpaired) electrons. The molecule has 3 heterocycles. The molecule has 2 aromatic rings. The van der Waals surface area contributed by atoms with Gasteiger partial charge in [0.2, 0.25) is 0 Å². The van der Waals surface area contributed by atoms with E-state index in [1.165, 1.54) is 32.1 Å². The van der Waals surface area contributed by atoms with Crippen LogP contribution < -0.4 is 11.0 Å². The summed E-state index contributed by atoms with van der Waals surface area (Å²) in [6.07, 6.45) is 10.7. The van der Waals surface area contributed by atoms with E-state index in [9.17, 15) is 0 Å². The minimum atomic E-state index is -0.489. The molecule has 4 rings (SSSR count). The van der Waals surface area contributed by atoms with Crippen molar-refractivity contribution in [1.29, 1.82) is 0 Å². The lowest BCUT2D eigenvalue weighted by atomic mass is 10.2. The van der Waals surface area contributed by atoms with Gasteiger partial charge in [0.15, 0.2) is 0 Å². The predicted molar refractivity (Wildman–Crippen MR) is 100 cm³/mol. The maximum atomic E-state index is 5.87. The second-order valence-corrected chi connectivity index (χ2v) is 12.7. The van der Waals surface area contributed by atoms with Crippen molar-refractivity contribution in [2.45, 2.75) is 68.6 Å². The van der Waals surface area contributed by atoms with E-state index in [0.29, 0.717) is 0 Å². The summed E-state index contributed by atoms with van der Waals surface area (Å²) < 4.78 is 11.7. The summed E-state index contributed by atoms with van der Waals surface area (Å²) in [5.41, 5.74) is 5.84. The van der Waals surface area contributed by atoms with Crippen LogP contribution >= 0.6 is 15.8 Å². The molecule has 1 aliphatic carbocycles. The van der Waals surface area contributed by atoms with Crippen LogP contribution in [0.2, 0.25) is 0 Å². The molecule has 1 saturated heterocycles. The molecule has 2 aromatic heterocycles. The normalized spacial score (nSPS) is 32.1. The number of rotatable bonds is 4. The van der Waals surface area contributed by atoms with Crippen molar-refractivity contribution in [1.82, 2.24) is 0 Å². The van der Waals surface area contributed by atoms with Crippen molar-refractivity contribution in [2.24, 2.45) is 0 Å². The molecule has 1 aliphatic heterocycles. The van der Waals surface area contributed by atoms with Crippen molar-refractivity contribution in [3.05, 3.63) is 36.8 Å². The third-order valence-corrected chi connectivity index (χ3v) is 12.6. The lowest BCUT2D eigenvalue weighted by Crippen LogP contribution is -2.28. The largest absolute Gasteiger partial charge is 0.464 e. The number of hydrogen-bond donors (Lipinski definition) is 0. The zero-order valence-electron chi connectivity index (χ0n) is 14.0. The molecule has 0 spiro atoms. The molecule has 0 aromatic carbocycles. The first kappa shape index (κ1) is 15.9. The Labute approximate surface area is 141 Å². The molecule has 2 fully saturated rings. The van der Waals surface area contributed by atoms with Crippen LogP contribution in [0.1, 0.15) is 46.0 Å². The van der Waals surface area contributed by atoms with E-state index in [0.717, 1.165) is 33.6 Å². The summed E-state index contributed by atoms with van der Waals surface area (Å²) in [6.45, 7) is 5.01. The third-order valence-electron chi connectivity index (χ3n) is 5.67. The second-order valence-electron chi connectivity index (χ2n) is 7.06. The lowest BCUT2D eigenvalue weighted by Gasteiger charge is -2.35.